The van der Waals surface area contributed by atoms with E-state index < -0.39 is 6.10 Å². The lowest BCUT2D eigenvalue weighted by atomic mass is 10.0. The summed E-state index contributed by atoms with van der Waals surface area (Å²) in [5.74, 6) is 0. The van der Waals surface area contributed by atoms with Crippen molar-refractivity contribution in [1.82, 2.24) is 0 Å². The predicted octanol–water partition coefficient (Wildman–Crippen LogP) is 2.66. The molecule has 1 saturated heterocycles. The number of benzene rings is 1. The van der Waals surface area contributed by atoms with Gasteiger partial charge in [0.05, 0.1) is 19.8 Å². The maximum Gasteiger partial charge on any atom is 0.111 e. The van der Waals surface area contributed by atoms with Gasteiger partial charge in [-0.3, -0.25) is 0 Å². The molecule has 0 aromatic heterocycles. The Balaban J connectivity index is 2.18. The third-order valence-electron chi connectivity index (χ3n) is 2.47. The molecule has 2 unspecified atom stereocenters. The fourth-order valence-electron chi connectivity index (χ4n) is 1.63. The Labute approximate surface area is 111 Å². The quantitative estimate of drug-likeness (QED) is 0.890. The average molecular weight is 352 g/mol. The Kier molecular flexibility index (Phi) is 4.38. The molecule has 0 spiro atoms. The molecule has 88 valence electrons. The minimum absolute atomic E-state index is 0.292. The first-order valence-corrected chi connectivity index (χ1v) is 6.59. The van der Waals surface area contributed by atoms with Crippen molar-refractivity contribution in [1.29, 1.82) is 0 Å². The van der Waals surface area contributed by atoms with Crippen molar-refractivity contribution in [2.75, 3.05) is 19.8 Å². The molecule has 0 aliphatic carbocycles. The van der Waals surface area contributed by atoms with E-state index in [-0.39, 0.29) is 6.10 Å². The minimum atomic E-state index is -0.674. The van der Waals surface area contributed by atoms with Crippen LogP contribution in [0.15, 0.2) is 27.1 Å². The van der Waals surface area contributed by atoms with Gasteiger partial charge < -0.3 is 14.6 Å². The average Bonchev–Trinajstić information content (AvgIpc) is 2.32. The highest BCUT2D eigenvalue weighted by atomic mass is 79.9. The second-order valence-corrected chi connectivity index (χ2v) is 5.36. The highest BCUT2D eigenvalue weighted by Crippen LogP contribution is 2.30. The summed E-state index contributed by atoms with van der Waals surface area (Å²) in [6.45, 7) is 1.57. The summed E-state index contributed by atoms with van der Waals surface area (Å²) >= 11 is 6.81. The smallest absolute Gasteiger partial charge is 0.111 e. The standard InChI is InChI=1S/C11H12Br2O3/c12-7-1-2-9(13)8(5-7)11(14)10-6-15-3-4-16-10/h1-2,5,10-11,14H,3-4,6H2. The first-order chi connectivity index (χ1) is 7.68. The zero-order chi connectivity index (χ0) is 11.5. The molecule has 3 nitrogen and oxygen atoms in total. The number of hydrogen-bond donors (Lipinski definition) is 1. The molecule has 0 amide bonds. The van der Waals surface area contributed by atoms with Gasteiger partial charge in [-0.1, -0.05) is 31.9 Å². The van der Waals surface area contributed by atoms with E-state index >= 15 is 0 Å². The zero-order valence-electron chi connectivity index (χ0n) is 8.53. The van der Waals surface area contributed by atoms with Crippen LogP contribution in [-0.2, 0) is 9.47 Å². The van der Waals surface area contributed by atoms with Gasteiger partial charge in [0.25, 0.3) is 0 Å². The molecule has 1 heterocycles. The van der Waals surface area contributed by atoms with Crippen LogP contribution in [0.25, 0.3) is 0 Å². The number of hydrogen-bond acceptors (Lipinski definition) is 3. The molecular weight excluding hydrogens is 340 g/mol. The maximum atomic E-state index is 10.2. The van der Waals surface area contributed by atoms with Crippen molar-refractivity contribution in [2.45, 2.75) is 12.2 Å². The van der Waals surface area contributed by atoms with Crippen LogP contribution in [0.1, 0.15) is 11.7 Å². The van der Waals surface area contributed by atoms with Crippen molar-refractivity contribution in [3.63, 3.8) is 0 Å². The van der Waals surface area contributed by atoms with Crippen LogP contribution < -0.4 is 0 Å². The Bertz CT molecular complexity index is 364. The van der Waals surface area contributed by atoms with Crippen molar-refractivity contribution >= 4 is 31.9 Å². The summed E-state index contributed by atoms with van der Waals surface area (Å²) in [6, 6.07) is 5.69. The summed E-state index contributed by atoms with van der Waals surface area (Å²) in [5, 5.41) is 10.2. The van der Waals surface area contributed by atoms with E-state index in [2.05, 4.69) is 31.9 Å². The molecule has 0 bridgehead atoms. The van der Waals surface area contributed by atoms with E-state index in [1.165, 1.54) is 0 Å². The molecule has 1 aliphatic rings. The lowest BCUT2D eigenvalue weighted by Crippen LogP contribution is -2.33. The van der Waals surface area contributed by atoms with Crippen LogP contribution >= 0.6 is 31.9 Å². The van der Waals surface area contributed by atoms with Gasteiger partial charge in [-0.25, -0.2) is 0 Å². The zero-order valence-corrected chi connectivity index (χ0v) is 11.7. The van der Waals surface area contributed by atoms with Gasteiger partial charge in [0.2, 0.25) is 0 Å². The molecule has 16 heavy (non-hydrogen) atoms. The van der Waals surface area contributed by atoms with E-state index in [1.54, 1.807) is 0 Å². The van der Waals surface area contributed by atoms with Crippen LogP contribution in [0.5, 0.6) is 0 Å². The Morgan fingerprint density at radius 2 is 2.12 bits per heavy atom. The molecule has 0 radical (unpaired) electrons. The van der Waals surface area contributed by atoms with Crippen molar-refractivity contribution < 1.29 is 14.6 Å². The third-order valence-corrected chi connectivity index (χ3v) is 3.69. The number of halogens is 2. The number of ether oxygens (including phenoxy) is 2. The molecule has 1 aromatic rings. The monoisotopic (exact) mass is 350 g/mol. The first-order valence-electron chi connectivity index (χ1n) is 5.01. The van der Waals surface area contributed by atoms with Crippen molar-refractivity contribution in [3.8, 4) is 0 Å². The molecular formula is C11H12Br2O3. The van der Waals surface area contributed by atoms with Crippen LogP contribution in [-0.4, -0.2) is 31.0 Å². The first kappa shape index (κ1) is 12.5. The SMILES string of the molecule is OC(c1cc(Br)ccc1Br)C1COCCO1. The highest BCUT2D eigenvalue weighted by molar-refractivity contribution is 9.11. The lowest BCUT2D eigenvalue weighted by Gasteiger charge is -2.28. The number of aliphatic hydroxyl groups is 1. The molecule has 1 aromatic carbocycles. The maximum absolute atomic E-state index is 10.2. The largest absolute Gasteiger partial charge is 0.386 e. The summed E-state index contributed by atoms with van der Waals surface area (Å²) in [4.78, 5) is 0. The molecule has 2 rings (SSSR count). The van der Waals surface area contributed by atoms with Crippen LogP contribution in [0.4, 0.5) is 0 Å². The van der Waals surface area contributed by atoms with Crippen molar-refractivity contribution in [3.05, 3.63) is 32.7 Å². The Morgan fingerprint density at radius 3 is 2.81 bits per heavy atom. The normalized spacial score (nSPS) is 23.1. The van der Waals surface area contributed by atoms with Gasteiger partial charge >= 0.3 is 0 Å². The van der Waals surface area contributed by atoms with E-state index in [4.69, 9.17) is 9.47 Å². The second-order valence-electron chi connectivity index (χ2n) is 3.59. The number of rotatable bonds is 2. The molecule has 2 atom stereocenters. The summed E-state index contributed by atoms with van der Waals surface area (Å²) in [5.41, 5.74) is 0.810. The lowest BCUT2D eigenvalue weighted by molar-refractivity contribution is -0.133. The molecule has 1 aliphatic heterocycles. The van der Waals surface area contributed by atoms with Gasteiger partial charge in [0.1, 0.15) is 12.2 Å². The highest BCUT2D eigenvalue weighted by Gasteiger charge is 2.26. The minimum Gasteiger partial charge on any atom is -0.386 e. The van der Waals surface area contributed by atoms with Crippen molar-refractivity contribution in [2.24, 2.45) is 0 Å². The van der Waals surface area contributed by atoms with Gasteiger partial charge in [0.15, 0.2) is 0 Å². The van der Waals surface area contributed by atoms with Gasteiger partial charge in [-0.05, 0) is 23.8 Å². The van der Waals surface area contributed by atoms with Crippen LogP contribution in [0.2, 0.25) is 0 Å². The third kappa shape index (κ3) is 2.84. The summed E-state index contributed by atoms with van der Waals surface area (Å²) in [6.07, 6.45) is -0.966. The van der Waals surface area contributed by atoms with Crippen LogP contribution in [0, 0.1) is 0 Å². The molecule has 1 fully saturated rings. The summed E-state index contributed by atoms with van der Waals surface area (Å²) in [7, 11) is 0. The van der Waals surface area contributed by atoms with E-state index in [0.717, 1.165) is 14.5 Å². The van der Waals surface area contributed by atoms with E-state index in [0.29, 0.717) is 19.8 Å². The Hall–Kier alpha value is 0.0600. The number of aliphatic hydroxyl groups excluding tert-OH is 1. The molecule has 1 N–H and O–H groups in total. The fourth-order valence-corrected chi connectivity index (χ4v) is 2.49. The van der Waals surface area contributed by atoms with Gasteiger partial charge in [-0.2, -0.15) is 0 Å². The Morgan fingerprint density at radius 1 is 1.31 bits per heavy atom. The second kappa shape index (κ2) is 5.60. The molecule has 0 saturated carbocycles. The fraction of sp³-hybridized carbons (Fsp3) is 0.455. The molecule has 5 heteroatoms. The van der Waals surface area contributed by atoms with Gasteiger partial charge in [-0.15, -0.1) is 0 Å². The van der Waals surface area contributed by atoms with Crippen LogP contribution in [0.3, 0.4) is 0 Å². The van der Waals surface area contributed by atoms with E-state index in [9.17, 15) is 5.11 Å². The predicted molar refractivity (Wildman–Crippen MR) is 67.4 cm³/mol. The van der Waals surface area contributed by atoms with Gasteiger partial charge in [0, 0.05) is 8.95 Å². The van der Waals surface area contributed by atoms with E-state index in [1.807, 2.05) is 18.2 Å². The topological polar surface area (TPSA) is 38.7 Å². The summed E-state index contributed by atoms with van der Waals surface area (Å²) < 4.78 is 12.6.